The molecule has 0 N–H and O–H groups in total. The summed E-state index contributed by atoms with van der Waals surface area (Å²) in [5.74, 6) is 0.817. The van der Waals surface area contributed by atoms with Crippen LogP contribution >= 0.6 is 11.6 Å². The van der Waals surface area contributed by atoms with E-state index in [1.165, 1.54) is 39.0 Å². The molecule has 3 heteroatoms. The number of nitrogens with zero attached hydrogens (tertiary/aromatic N) is 2. The summed E-state index contributed by atoms with van der Waals surface area (Å²) in [4.78, 5) is 4.84. The van der Waals surface area contributed by atoms with Crippen LogP contribution in [0.1, 0.15) is 19.8 Å². The first-order valence-electron chi connectivity index (χ1n) is 5.86. The van der Waals surface area contributed by atoms with Gasteiger partial charge >= 0.3 is 0 Å². The fraction of sp³-hybridized carbons (Fsp3) is 0.833. The Balaban J connectivity index is 2.21. The minimum Gasteiger partial charge on any atom is -0.306 e. The Bertz CT molecular complexity index is 206. The number of likely N-dealkylation sites (tertiary alicyclic amines) is 1. The van der Waals surface area contributed by atoms with E-state index in [0.29, 0.717) is 0 Å². The van der Waals surface area contributed by atoms with Gasteiger partial charge in [0.1, 0.15) is 0 Å². The lowest BCUT2D eigenvalue weighted by atomic mass is 10.1. The van der Waals surface area contributed by atoms with Crippen LogP contribution in [0.25, 0.3) is 0 Å². The average Bonchev–Trinajstić information content (AvgIpc) is 2.51. The summed E-state index contributed by atoms with van der Waals surface area (Å²) in [5.41, 5.74) is 0. The molecule has 1 saturated heterocycles. The lowest BCUT2D eigenvalue weighted by molar-refractivity contribution is 0.269. The standard InChI is InChI=1S/C12H23ClN2/c1-4-6-14(3)9-12-5-7-15(10-12)8-11(2)13/h12H,2,4-10H2,1,3H3. The summed E-state index contributed by atoms with van der Waals surface area (Å²) in [7, 11) is 2.21. The minimum absolute atomic E-state index is 0.762. The van der Waals surface area contributed by atoms with Crippen LogP contribution in [0.15, 0.2) is 11.6 Å². The molecule has 1 unspecified atom stereocenters. The van der Waals surface area contributed by atoms with E-state index < -0.39 is 0 Å². The molecule has 15 heavy (non-hydrogen) atoms. The molecule has 0 saturated carbocycles. The van der Waals surface area contributed by atoms with Crippen molar-refractivity contribution in [3.8, 4) is 0 Å². The fourth-order valence-electron chi connectivity index (χ4n) is 2.36. The largest absolute Gasteiger partial charge is 0.306 e. The van der Waals surface area contributed by atoms with Crippen molar-refractivity contribution >= 4 is 11.6 Å². The minimum atomic E-state index is 0.762. The van der Waals surface area contributed by atoms with Crippen molar-refractivity contribution in [3.05, 3.63) is 11.6 Å². The Hall–Kier alpha value is -0.0500. The number of rotatable bonds is 6. The molecule has 0 spiro atoms. The van der Waals surface area contributed by atoms with Crippen LogP contribution in [0.2, 0.25) is 0 Å². The third kappa shape index (κ3) is 5.01. The molecule has 88 valence electrons. The molecule has 1 rings (SSSR count). The predicted molar refractivity (Wildman–Crippen MR) is 67.3 cm³/mol. The van der Waals surface area contributed by atoms with Crippen molar-refractivity contribution in [2.45, 2.75) is 19.8 Å². The summed E-state index contributed by atoms with van der Waals surface area (Å²) < 4.78 is 0. The zero-order chi connectivity index (χ0) is 11.3. The second-order valence-electron chi connectivity index (χ2n) is 4.67. The van der Waals surface area contributed by atoms with Crippen molar-refractivity contribution in [1.29, 1.82) is 0 Å². The molecule has 2 nitrogen and oxygen atoms in total. The van der Waals surface area contributed by atoms with E-state index in [0.717, 1.165) is 17.5 Å². The third-order valence-corrected chi connectivity index (χ3v) is 3.06. The van der Waals surface area contributed by atoms with Gasteiger partial charge in [-0.25, -0.2) is 0 Å². The number of halogens is 1. The first-order valence-corrected chi connectivity index (χ1v) is 6.23. The van der Waals surface area contributed by atoms with Crippen LogP contribution in [-0.2, 0) is 0 Å². The molecule has 0 aromatic heterocycles. The quantitative estimate of drug-likeness (QED) is 0.692. The Morgan fingerprint density at radius 3 is 2.93 bits per heavy atom. The van der Waals surface area contributed by atoms with Crippen molar-refractivity contribution < 1.29 is 0 Å². The molecule has 1 atom stereocenters. The van der Waals surface area contributed by atoms with Gasteiger partial charge in [-0.05, 0) is 38.9 Å². The molecular weight excluding hydrogens is 208 g/mol. The van der Waals surface area contributed by atoms with Gasteiger partial charge in [0.15, 0.2) is 0 Å². The maximum Gasteiger partial charge on any atom is 0.0335 e. The topological polar surface area (TPSA) is 6.48 Å². The van der Waals surface area contributed by atoms with Crippen LogP contribution in [0, 0.1) is 5.92 Å². The molecular formula is C12H23ClN2. The third-order valence-electron chi connectivity index (χ3n) is 2.94. The van der Waals surface area contributed by atoms with Gasteiger partial charge < -0.3 is 4.90 Å². The maximum atomic E-state index is 5.81. The molecule has 1 aliphatic rings. The van der Waals surface area contributed by atoms with E-state index in [9.17, 15) is 0 Å². The smallest absolute Gasteiger partial charge is 0.0335 e. The molecule has 1 aliphatic heterocycles. The van der Waals surface area contributed by atoms with E-state index in [1.807, 2.05) is 0 Å². The van der Waals surface area contributed by atoms with E-state index in [2.05, 4.69) is 30.4 Å². The van der Waals surface area contributed by atoms with E-state index >= 15 is 0 Å². The maximum absolute atomic E-state index is 5.81. The molecule has 1 heterocycles. The zero-order valence-electron chi connectivity index (χ0n) is 10.0. The Labute approximate surface area is 98.9 Å². The SMILES string of the molecule is C=C(Cl)CN1CCC(CN(C)CCC)C1. The summed E-state index contributed by atoms with van der Waals surface area (Å²) in [6.07, 6.45) is 2.55. The van der Waals surface area contributed by atoms with E-state index in [-0.39, 0.29) is 0 Å². The lowest BCUT2D eigenvalue weighted by Crippen LogP contribution is -2.29. The Morgan fingerprint density at radius 1 is 1.60 bits per heavy atom. The summed E-state index contributed by atoms with van der Waals surface area (Å²) in [6.45, 7) is 11.6. The second-order valence-corrected chi connectivity index (χ2v) is 5.20. The van der Waals surface area contributed by atoms with Gasteiger partial charge in [-0.2, -0.15) is 0 Å². The van der Waals surface area contributed by atoms with Gasteiger partial charge in [-0.3, -0.25) is 4.90 Å². The van der Waals surface area contributed by atoms with Crippen LogP contribution in [-0.4, -0.2) is 49.6 Å². The highest BCUT2D eigenvalue weighted by Crippen LogP contribution is 2.18. The Kier molecular flexibility index (Phi) is 5.65. The van der Waals surface area contributed by atoms with Crippen molar-refractivity contribution in [2.24, 2.45) is 5.92 Å². The predicted octanol–water partition coefficient (Wildman–Crippen LogP) is 2.40. The molecule has 0 amide bonds. The van der Waals surface area contributed by atoms with E-state index in [4.69, 9.17) is 11.6 Å². The molecule has 0 aliphatic carbocycles. The summed E-state index contributed by atoms with van der Waals surface area (Å²) in [5, 5.41) is 0.762. The second kappa shape index (κ2) is 6.51. The zero-order valence-corrected chi connectivity index (χ0v) is 10.8. The average molecular weight is 231 g/mol. The van der Waals surface area contributed by atoms with Gasteiger partial charge in [0.05, 0.1) is 0 Å². The van der Waals surface area contributed by atoms with Gasteiger partial charge in [-0.1, -0.05) is 25.1 Å². The first-order chi connectivity index (χ1) is 7.11. The first kappa shape index (κ1) is 13.0. The Morgan fingerprint density at radius 2 is 2.33 bits per heavy atom. The van der Waals surface area contributed by atoms with Gasteiger partial charge in [0, 0.05) is 24.7 Å². The molecule has 0 aromatic carbocycles. The van der Waals surface area contributed by atoms with Crippen LogP contribution in [0.5, 0.6) is 0 Å². The fourth-order valence-corrected chi connectivity index (χ4v) is 2.53. The molecule has 0 aromatic rings. The highest BCUT2D eigenvalue weighted by Gasteiger charge is 2.23. The summed E-state index contributed by atoms with van der Waals surface area (Å²) >= 11 is 5.81. The molecule has 1 fully saturated rings. The molecule has 0 bridgehead atoms. The molecule has 0 radical (unpaired) electrons. The highest BCUT2D eigenvalue weighted by atomic mass is 35.5. The van der Waals surface area contributed by atoms with Crippen LogP contribution < -0.4 is 0 Å². The van der Waals surface area contributed by atoms with Crippen molar-refractivity contribution in [1.82, 2.24) is 9.80 Å². The van der Waals surface area contributed by atoms with Gasteiger partial charge in [0.2, 0.25) is 0 Å². The summed E-state index contributed by atoms with van der Waals surface area (Å²) in [6, 6.07) is 0. The number of hydrogen-bond donors (Lipinski definition) is 0. The van der Waals surface area contributed by atoms with Gasteiger partial charge in [0.25, 0.3) is 0 Å². The van der Waals surface area contributed by atoms with Crippen LogP contribution in [0.3, 0.4) is 0 Å². The highest BCUT2D eigenvalue weighted by molar-refractivity contribution is 6.29. The van der Waals surface area contributed by atoms with Crippen molar-refractivity contribution in [2.75, 3.05) is 39.8 Å². The van der Waals surface area contributed by atoms with Crippen molar-refractivity contribution in [3.63, 3.8) is 0 Å². The lowest BCUT2D eigenvalue weighted by Gasteiger charge is -2.20. The van der Waals surface area contributed by atoms with Crippen LogP contribution in [0.4, 0.5) is 0 Å². The van der Waals surface area contributed by atoms with E-state index in [1.54, 1.807) is 0 Å². The van der Waals surface area contributed by atoms with Gasteiger partial charge in [-0.15, -0.1) is 0 Å². The number of hydrogen-bond acceptors (Lipinski definition) is 2. The normalized spacial score (nSPS) is 22.5. The monoisotopic (exact) mass is 230 g/mol.